The first-order valence-corrected chi connectivity index (χ1v) is 7.45. The second kappa shape index (κ2) is 6.06. The van der Waals surface area contributed by atoms with E-state index in [1.54, 1.807) is 0 Å². The first-order chi connectivity index (χ1) is 9.84. The number of carbonyl (C=O) groups is 1. The predicted octanol–water partition coefficient (Wildman–Crippen LogP) is 2.69. The Morgan fingerprint density at radius 3 is 2.76 bits per heavy atom. The molecular formula is C17H25NO3. The van der Waals surface area contributed by atoms with Gasteiger partial charge in [-0.1, -0.05) is 32.0 Å². The fourth-order valence-electron chi connectivity index (χ4n) is 2.76. The van der Waals surface area contributed by atoms with E-state index in [-0.39, 0.29) is 23.5 Å². The molecule has 1 atom stereocenters. The predicted molar refractivity (Wildman–Crippen MR) is 82.3 cm³/mol. The molecule has 1 N–H and O–H groups in total. The van der Waals surface area contributed by atoms with Crippen molar-refractivity contribution in [3.63, 3.8) is 0 Å². The Bertz CT molecular complexity index is 523. The summed E-state index contributed by atoms with van der Waals surface area (Å²) in [5.74, 6) is 0.910. The highest BCUT2D eigenvalue weighted by Crippen LogP contribution is 2.37. The molecule has 0 fully saturated rings. The Kier molecular flexibility index (Phi) is 4.57. The van der Waals surface area contributed by atoms with Crippen LogP contribution in [0.2, 0.25) is 0 Å². The van der Waals surface area contributed by atoms with Crippen molar-refractivity contribution < 1.29 is 14.3 Å². The van der Waals surface area contributed by atoms with Crippen LogP contribution in [0.5, 0.6) is 5.75 Å². The van der Waals surface area contributed by atoms with E-state index in [4.69, 9.17) is 9.47 Å². The molecule has 4 heteroatoms. The van der Waals surface area contributed by atoms with E-state index in [1.165, 1.54) is 12.7 Å². The van der Waals surface area contributed by atoms with Crippen molar-refractivity contribution in [1.29, 1.82) is 0 Å². The average Bonchev–Trinajstić information content (AvgIpc) is 2.72. The normalized spacial score (nSPS) is 17.2. The molecule has 0 saturated heterocycles. The zero-order chi connectivity index (χ0) is 15.6. The number of rotatable bonds is 5. The third kappa shape index (κ3) is 3.56. The van der Waals surface area contributed by atoms with Crippen molar-refractivity contribution in [1.82, 2.24) is 5.32 Å². The van der Waals surface area contributed by atoms with Crippen molar-refractivity contribution in [3.8, 4) is 5.75 Å². The molecule has 1 aliphatic rings. The van der Waals surface area contributed by atoms with E-state index >= 15 is 0 Å². The summed E-state index contributed by atoms with van der Waals surface area (Å²) in [7, 11) is 1.42. The lowest BCUT2D eigenvalue weighted by Crippen LogP contribution is -2.41. The molecule has 0 bridgehead atoms. The van der Waals surface area contributed by atoms with Gasteiger partial charge >= 0.3 is 5.97 Å². The lowest BCUT2D eigenvalue weighted by atomic mass is 10.00. The van der Waals surface area contributed by atoms with Gasteiger partial charge in [0.05, 0.1) is 7.11 Å². The molecule has 1 aliphatic heterocycles. The molecule has 4 nitrogen and oxygen atoms in total. The Hall–Kier alpha value is -1.55. The summed E-state index contributed by atoms with van der Waals surface area (Å²) in [4.78, 5) is 11.8. The van der Waals surface area contributed by atoms with Crippen LogP contribution in [0.15, 0.2) is 18.2 Å². The van der Waals surface area contributed by atoms with E-state index in [0.717, 1.165) is 17.7 Å². The number of hydrogen-bond donors (Lipinski definition) is 1. The van der Waals surface area contributed by atoms with Gasteiger partial charge in [0.15, 0.2) is 0 Å². The minimum Gasteiger partial charge on any atom is -0.487 e. The van der Waals surface area contributed by atoms with Gasteiger partial charge in [-0.3, -0.25) is 10.1 Å². The number of esters is 1. The van der Waals surface area contributed by atoms with Crippen LogP contribution in [0.3, 0.4) is 0 Å². The number of fused-ring (bicyclic) bond motifs is 1. The summed E-state index contributed by atoms with van der Waals surface area (Å²) in [5.41, 5.74) is 2.17. The Morgan fingerprint density at radius 2 is 2.14 bits per heavy atom. The molecule has 0 aliphatic carbocycles. The fourth-order valence-corrected chi connectivity index (χ4v) is 2.76. The summed E-state index contributed by atoms with van der Waals surface area (Å²) < 4.78 is 10.9. The zero-order valence-corrected chi connectivity index (χ0v) is 13.5. The Labute approximate surface area is 126 Å². The molecule has 0 spiro atoms. The first kappa shape index (κ1) is 15.8. The van der Waals surface area contributed by atoms with Crippen molar-refractivity contribution in [2.45, 2.75) is 52.3 Å². The lowest BCUT2D eigenvalue weighted by molar-refractivity contribution is -0.144. The molecule has 1 heterocycles. The van der Waals surface area contributed by atoms with Crippen molar-refractivity contribution in [3.05, 3.63) is 29.3 Å². The van der Waals surface area contributed by atoms with Crippen molar-refractivity contribution in [2.24, 2.45) is 5.92 Å². The average molecular weight is 291 g/mol. The van der Waals surface area contributed by atoms with Gasteiger partial charge in [-0.25, -0.2) is 0 Å². The summed E-state index contributed by atoms with van der Waals surface area (Å²) >= 11 is 0. The first-order valence-electron chi connectivity index (χ1n) is 7.45. The summed E-state index contributed by atoms with van der Waals surface area (Å²) in [6.45, 7) is 8.79. The van der Waals surface area contributed by atoms with Crippen LogP contribution >= 0.6 is 0 Å². The summed E-state index contributed by atoms with van der Waals surface area (Å²) in [6.07, 6.45) is 0.917. The van der Waals surface area contributed by atoms with Gasteiger partial charge in [-0.05, 0) is 25.3 Å². The number of carbonyl (C=O) groups excluding carboxylic acids is 1. The van der Waals surface area contributed by atoms with Crippen LogP contribution < -0.4 is 10.1 Å². The van der Waals surface area contributed by atoms with Gasteiger partial charge in [0, 0.05) is 18.5 Å². The quantitative estimate of drug-likeness (QED) is 0.847. The Balaban J connectivity index is 2.12. The van der Waals surface area contributed by atoms with Gasteiger partial charge in [-0.2, -0.15) is 0 Å². The maximum Gasteiger partial charge on any atom is 0.323 e. The standard InChI is InChI=1S/C17H25NO3/c1-11(2)14(16(19)20-5)18-10-13-8-6-7-12-9-17(3,4)21-15(12)13/h6-8,11,14,18H,9-10H2,1-5H3/t14-/m0/s1. The van der Waals surface area contributed by atoms with Gasteiger partial charge in [0.25, 0.3) is 0 Å². The van der Waals surface area contributed by atoms with Crippen molar-refractivity contribution in [2.75, 3.05) is 7.11 Å². The van der Waals surface area contributed by atoms with Gasteiger partial charge < -0.3 is 9.47 Å². The fraction of sp³-hybridized carbons (Fsp3) is 0.588. The molecule has 1 aromatic carbocycles. The molecule has 0 saturated carbocycles. The molecule has 116 valence electrons. The second-order valence-corrected chi connectivity index (χ2v) is 6.57. The number of hydrogen-bond acceptors (Lipinski definition) is 4. The third-order valence-electron chi connectivity index (χ3n) is 3.81. The molecule has 2 rings (SSSR count). The van der Waals surface area contributed by atoms with E-state index in [1.807, 2.05) is 26.0 Å². The van der Waals surface area contributed by atoms with E-state index in [0.29, 0.717) is 6.54 Å². The number of methoxy groups -OCH3 is 1. The van der Waals surface area contributed by atoms with Crippen LogP contribution in [0.1, 0.15) is 38.8 Å². The highest BCUT2D eigenvalue weighted by Gasteiger charge is 2.32. The monoisotopic (exact) mass is 291 g/mol. The number of benzene rings is 1. The maximum absolute atomic E-state index is 11.8. The molecule has 0 radical (unpaired) electrons. The van der Waals surface area contributed by atoms with E-state index in [9.17, 15) is 4.79 Å². The smallest absolute Gasteiger partial charge is 0.323 e. The minimum atomic E-state index is -0.305. The number of ether oxygens (including phenoxy) is 2. The highest BCUT2D eigenvalue weighted by molar-refractivity contribution is 5.75. The molecule has 0 aromatic heterocycles. The highest BCUT2D eigenvalue weighted by atomic mass is 16.5. The SMILES string of the molecule is COC(=O)[C@@H](NCc1cccc2c1OC(C)(C)C2)C(C)C. The largest absolute Gasteiger partial charge is 0.487 e. The summed E-state index contributed by atoms with van der Waals surface area (Å²) in [6, 6.07) is 5.89. The maximum atomic E-state index is 11.8. The van der Waals surface area contributed by atoms with Crippen LogP contribution in [0, 0.1) is 5.92 Å². The molecule has 0 amide bonds. The topological polar surface area (TPSA) is 47.6 Å². The van der Waals surface area contributed by atoms with Crippen LogP contribution in [0.25, 0.3) is 0 Å². The minimum absolute atomic E-state index is 0.155. The van der Waals surface area contributed by atoms with Gasteiger partial charge in [0.2, 0.25) is 0 Å². The van der Waals surface area contributed by atoms with Gasteiger partial charge in [-0.15, -0.1) is 0 Å². The summed E-state index contributed by atoms with van der Waals surface area (Å²) in [5, 5.41) is 3.29. The second-order valence-electron chi connectivity index (χ2n) is 6.57. The zero-order valence-electron chi connectivity index (χ0n) is 13.5. The van der Waals surface area contributed by atoms with E-state index in [2.05, 4.69) is 25.2 Å². The van der Waals surface area contributed by atoms with Crippen LogP contribution in [-0.4, -0.2) is 24.7 Å². The number of para-hydroxylation sites is 1. The molecule has 0 unspecified atom stereocenters. The number of nitrogens with one attached hydrogen (secondary N) is 1. The third-order valence-corrected chi connectivity index (χ3v) is 3.81. The van der Waals surface area contributed by atoms with Crippen LogP contribution in [-0.2, 0) is 22.5 Å². The van der Waals surface area contributed by atoms with Gasteiger partial charge in [0.1, 0.15) is 17.4 Å². The van der Waals surface area contributed by atoms with E-state index < -0.39 is 0 Å². The lowest BCUT2D eigenvalue weighted by Gasteiger charge is -2.21. The molecule has 21 heavy (non-hydrogen) atoms. The Morgan fingerprint density at radius 1 is 1.43 bits per heavy atom. The van der Waals surface area contributed by atoms with Crippen LogP contribution in [0.4, 0.5) is 0 Å². The van der Waals surface area contributed by atoms with Crippen molar-refractivity contribution >= 4 is 5.97 Å². The molecular weight excluding hydrogens is 266 g/mol. The molecule has 1 aromatic rings.